The number of likely N-dealkylation sites (N-methyl/N-ethyl adjacent to an activating group) is 1. The summed E-state index contributed by atoms with van der Waals surface area (Å²) in [6.45, 7) is 0.876. The SMILES string of the molecule is CN1CCc2c[nH]c(=O)c(C#N)c21. The molecule has 0 radical (unpaired) electrons. The average Bonchev–Trinajstić information content (AvgIpc) is 2.49. The molecule has 1 aromatic rings. The molecular formula is C9H9N3O. The van der Waals surface area contributed by atoms with Gasteiger partial charge in [-0.2, -0.15) is 5.26 Å². The fourth-order valence-electron chi connectivity index (χ4n) is 1.69. The van der Waals surface area contributed by atoms with Crippen molar-refractivity contribution in [3.63, 3.8) is 0 Å². The molecule has 0 unspecified atom stereocenters. The second kappa shape index (κ2) is 2.63. The van der Waals surface area contributed by atoms with Crippen molar-refractivity contribution < 1.29 is 0 Å². The van der Waals surface area contributed by atoms with Gasteiger partial charge in [-0.05, 0) is 12.0 Å². The van der Waals surface area contributed by atoms with Crippen LogP contribution in [0.15, 0.2) is 11.0 Å². The number of hydrogen-bond acceptors (Lipinski definition) is 3. The first kappa shape index (κ1) is 7.87. The number of nitriles is 1. The number of nitrogens with zero attached hydrogens (tertiary/aromatic N) is 2. The van der Waals surface area contributed by atoms with E-state index in [1.807, 2.05) is 18.0 Å². The van der Waals surface area contributed by atoms with Crippen LogP contribution in [0.5, 0.6) is 0 Å². The second-order valence-electron chi connectivity index (χ2n) is 3.15. The Labute approximate surface area is 75.4 Å². The van der Waals surface area contributed by atoms with E-state index in [-0.39, 0.29) is 11.1 Å². The second-order valence-corrected chi connectivity index (χ2v) is 3.15. The van der Waals surface area contributed by atoms with Gasteiger partial charge in [-0.1, -0.05) is 0 Å². The smallest absolute Gasteiger partial charge is 0.268 e. The quantitative estimate of drug-likeness (QED) is 0.614. The first-order chi connectivity index (χ1) is 6.24. The molecule has 4 heteroatoms. The van der Waals surface area contributed by atoms with E-state index >= 15 is 0 Å². The summed E-state index contributed by atoms with van der Waals surface area (Å²) < 4.78 is 0. The van der Waals surface area contributed by atoms with Gasteiger partial charge in [-0.15, -0.1) is 0 Å². The highest BCUT2D eigenvalue weighted by Gasteiger charge is 2.21. The van der Waals surface area contributed by atoms with Gasteiger partial charge in [0.2, 0.25) is 0 Å². The van der Waals surface area contributed by atoms with Gasteiger partial charge in [-0.25, -0.2) is 0 Å². The van der Waals surface area contributed by atoms with E-state index in [4.69, 9.17) is 5.26 Å². The molecular weight excluding hydrogens is 166 g/mol. The van der Waals surface area contributed by atoms with E-state index in [1.54, 1.807) is 6.20 Å². The minimum absolute atomic E-state index is 0.234. The molecule has 1 aliphatic heterocycles. The lowest BCUT2D eigenvalue weighted by Gasteiger charge is -2.11. The molecule has 0 saturated heterocycles. The maximum Gasteiger partial charge on any atom is 0.268 e. The van der Waals surface area contributed by atoms with Crippen molar-refractivity contribution in [1.29, 1.82) is 5.26 Å². The van der Waals surface area contributed by atoms with Gasteiger partial charge in [0.15, 0.2) is 0 Å². The Kier molecular flexibility index (Phi) is 1.59. The van der Waals surface area contributed by atoms with Crippen molar-refractivity contribution in [3.8, 4) is 6.07 Å². The number of aromatic nitrogens is 1. The molecule has 66 valence electrons. The van der Waals surface area contributed by atoms with E-state index < -0.39 is 0 Å². The van der Waals surface area contributed by atoms with Gasteiger partial charge in [-0.3, -0.25) is 4.79 Å². The third-order valence-corrected chi connectivity index (χ3v) is 2.36. The molecule has 1 aromatic heterocycles. The van der Waals surface area contributed by atoms with Crippen LogP contribution in [0.1, 0.15) is 11.1 Å². The number of anilines is 1. The van der Waals surface area contributed by atoms with Crippen LogP contribution in [0.3, 0.4) is 0 Å². The van der Waals surface area contributed by atoms with E-state index in [2.05, 4.69) is 4.98 Å². The molecule has 13 heavy (non-hydrogen) atoms. The number of fused-ring (bicyclic) bond motifs is 1. The zero-order chi connectivity index (χ0) is 9.42. The molecule has 0 spiro atoms. The van der Waals surface area contributed by atoms with E-state index in [0.717, 1.165) is 24.2 Å². The molecule has 0 bridgehead atoms. The summed E-state index contributed by atoms with van der Waals surface area (Å²) in [5, 5.41) is 8.80. The van der Waals surface area contributed by atoms with Crippen molar-refractivity contribution in [2.45, 2.75) is 6.42 Å². The molecule has 2 heterocycles. The first-order valence-corrected chi connectivity index (χ1v) is 4.10. The third-order valence-electron chi connectivity index (χ3n) is 2.36. The third kappa shape index (κ3) is 1.01. The Bertz CT molecular complexity index is 441. The summed E-state index contributed by atoms with van der Waals surface area (Å²) in [7, 11) is 1.89. The Balaban J connectivity index is 2.76. The highest BCUT2D eigenvalue weighted by atomic mass is 16.1. The van der Waals surface area contributed by atoms with Crippen LogP contribution < -0.4 is 10.5 Å². The lowest BCUT2D eigenvalue weighted by molar-refractivity contribution is 0.954. The predicted octanol–water partition coefficient (Wildman–Crippen LogP) is 0.239. The number of aromatic amines is 1. The van der Waals surface area contributed by atoms with Gasteiger partial charge in [0.05, 0.1) is 5.69 Å². The normalized spacial score (nSPS) is 14.0. The monoisotopic (exact) mass is 175 g/mol. The van der Waals surface area contributed by atoms with Crippen molar-refractivity contribution in [3.05, 3.63) is 27.7 Å². The molecule has 0 aromatic carbocycles. The molecule has 0 saturated carbocycles. The summed E-state index contributed by atoms with van der Waals surface area (Å²) in [6.07, 6.45) is 2.60. The summed E-state index contributed by atoms with van der Waals surface area (Å²) in [5.41, 5.74) is 1.79. The van der Waals surface area contributed by atoms with E-state index in [9.17, 15) is 4.79 Å². The lowest BCUT2D eigenvalue weighted by atomic mass is 10.1. The summed E-state index contributed by atoms with van der Waals surface area (Å²) >= 11 is 0. The van der Waals surface area contributed by atoms with E-state index in [0.29, 0.717) is 0 Å². The number of hydrogen-bond donors (Lipinski definition) is 1. The maximum atomic E-state index is 11.3. The molecule has 1 N–H and O–H groups in total. The van der Waals surface area contributed by atoms with Crippen LogP contribution in [0.2, 0.25) is 0 Å². The minimum atomic E-state index is -0.296. The van der Waals surface area contributed by atoms with Crippen molar-refractivity contribution in [2.24, 2.45) is 0 Å². The number of pyridine rings is 1. The average molecular weight is 175 g/mol. The Morgan fingerprint density at radius 1 is 1.69 bits per heavy atom. The van der Waals surface area contributed by atoms with E-state index in [1.165, 1.54) is 0 Å². The standard InChI is InChI=1S/C9H9N3O/c1-12-3-2-6-5-11-9(13)7(4-10)8(6)12/h5H,2-3H2,1H3,(H,11,13). The number of H-pyrrole nitrogens is 1. The zero-order valence-corrected chi connectivity index (χ0v) is 7.29. The van der Waals surface area contributed by atoms with Gasteiger partial charge in [0.25, 0.3) is 5.56 Å². The van der Waals surface area contributed by atoms with Crippen LogP contribution in [0.4, 0.5) is 5.69 Å². The molecule has 4 nitrogen and oxygen atoms in total. The molecule has 0 amide bonds. The van der Waals surface area contributed by atoms with Crippen LogP contribution in [-0.4, -0.2) is 18.6 Å². The number of rotatable bonds is 0. The molecule has 1 aliphatic rings. The minimum Gasteiger partial charge on any atom is -0.373 e. The van der Waals surface area contributed by atoms with Gasteiger partial charge in [0, 0.05) is 19.8 Å². The Morgan fingerprint density at radius 3 is 3.15 bits per heavy atom. The first-order valence-electron chi connectivity index (χ1n) is 4.10. The van der Waals surface area contributed by atoms with Crippen LogP contribution in [0, 0.1) is 11.3 Å². The summed E-state index contributed by atoms with van der Waals surface area (Å²) in [4.78, 5) is 15.8. The topological polar surface area (TPSA) is 59.9 Å². The molecule has 0 fully saturated rings. The molecule has 0 atom stereocenters. The van der Waals surface area contributed by atoms with Crippen LogP contribution in [-0.2, 0) is 6.42 Å². The predicted molar refractivity (Wildman–Crippen MR) is 48.8 cm³/mol. The van der Waals surface area contributed by atoms with Gasteiger partial charge >= 0.3 is 0 Å². The summed E-state index contributed by atoms with van der Waals surface area (Å²) in [6, 6.07) is 1.94. The van der Waals surface area contributed by atoms with Crippen LogP contribution in [0.25, 0.3) is 0 Å². The Morgan fingerprint density at radius 2 is 2.46 bits per heavy atom. The largest absolute Gasteiger partial charge is 0.373 e. The molecule has 0 aliphatic carbocycles. The van der Waals surface area contributed by atoms with Crippen LogP contribution >= 0.6 is 0 Å². The maximum absolute atomic E-state index is 11.3. The highest BCUT2D eigenvalue weighted by Crippen LogP contribution is 2.26. The molecule has 2 rings (SSSR count). The van der Waals surface area contributed by atoms with Gasteiger partial charge in [0.1, 0.15) is 11.6 Å². The fraction of sp³-hybridized carbons (Fsp3) is 0.333. The van der Waals surface area contributed by atoms with Gasteiger partial charge < -0.3 is 9.88 Å². The fourth-order valence-corrected chi connectivity index (χ4v) is 1.69. The highest BCUT2D eigenvalue weighted by molar-refractivity contribution is 5.65. The zero-order valence-electron chi connectivity index (χ0n) is 7.29. The lowest BCUT2D eigenvalue weighted by Crippen LogP contribution is -2.18. The summed E-state index contributed by atoms with van der Waals surface area (Å²) in [5.74, 6) is 0. The number of nitrogens with one attached hydrogen (secondary N) is 1. The van der Waals surface area contributed by atoms with Crippen molar-refractivity contribution in [2.75, 3.05) is 18.5 Å². The Hall–Kier alpha value is -1.76. The van der Waals surface area contributed by atoms with Crippen molar-refractivity contribution in [1.82, 2.24) is 4.98 Å². The van der Waals surface area contributed by atoms with Crippen molar-refractivity contribution >= 4 is 5.69 Å².